The van der Waals surface area contributed by atoms with Gasteiger partial charge >= 0.3 is 0 Å². The van der Waals surface area contributed by atoms with Crippen LogP contribution in [0.5, 0.6) is 0 Å². The van der Waals surface area contributed by atoms with E-state index >= 15 is 0 Å². The fourth-order valence-corrected chi connectivity index (χ4v) is 2.79. The second-order valence-electron chi connectivity index (χ2n) is 5.25. The molecule has 1 amide bonds. The summed E-state index contributed by atoms with van der Waals surface area (Å²) in [6.07, 6.45) is 3.44. The number of nitrogens with one attached hydrogen (secondary N) is 1. The average Bonchev–Trinajstić information content (AvgIpc) is 2.63. The fraction of sp³-hybridized carbons (Fsp3) is 0.312. The molecule has 2 heterocycles. The Hall–Kier alpha value is -2.32. The Kier molecular flexibility index (Phi) is 5.17. The summed E-state index contributed by atoms with van der Waals surface area (Å²) in [4.78, 5) is 22.3. The zero-order chi connectivity index (χ0) is 16.9. The smallest absolute Gasteiger partial charge is 0.271 e. The third kappa shape index (κ3) is 3.77. The second kappa shape index (κ2) is 7.50. The number of aromatic nitrogens is 2. The summed E-state index contributed by atoms with van der Waals surface area (Å²) in [6.45, 7) is 3.28. The maximum absolute atomic E-state index is 11.5. The third-order valence-electron chi connectivity index (χ3n) is 3.70. The molecule has 126 valence electrons. The molecule has 0 saturated carbocycles. The number of benzene rings is 1. The minimum Gasteiger partial charge on any atom is -0.378 e. The summed E-state index contributed by atoms with van der Waals surface area (Å²) >= 11 is 1.45. The lowest BCUT2D eigenvalue weighted by atomic mass is 10.2. The van der Waals surface area contributed by atoms with Crippen molar-refractivity contribution in [1.82, 2.24) is 9.97 Å². The molecule has 3 rings (SSSR count). The Morgan fingerprint density at radius 1 is 1.29 bits per heavy atom. The number of hydrogen-bond acceptors (Lipinski definition) is 7. The van der Waals surface area contributed by atoms with Gasteiger partial charge in [-0.05, 0) is 30.5 Å². The van der Waals surface area contributed by atoms with E-state index in [4.69, 9.17) is 10.5 Å². The number of primary amides is 1. The molecule has 0 aliphatic carbocycles. The first-order valence-corrected chi connectivity index (χ1v) is 8.80. The number of amides is 1. The summed E-state index contributed by atoms with van der Waals surface area (Å²) in [5, 5.41) is 3.84. The van der Waals surface area contributed by atoms with Crippen molar-refractivity contribution in [3.05, 3.63) is 36.2 Å². The predicted molar refractivity (Wildman–Crippen MR) is 95.1 cm³/mol. The van der Waals surface area contributed by atoms with Gasteiger partial charge in [0.05, 0.1) is 19.4 Å². The zero-order valence-electron chi connectivity index (χ0n) is 13.4. The average molecular weight is 345 g/mol. The summed E-state index contributed by atoms with van der Waals surface area (Å²) in [6, 6.07) is 7.96. The van der Waals surface area contributed by atoms with E-state index in [0.29, 0.717) is 10.8 Å². The van der Waals surface area contributed by atoms with Crippen LogP contribution in [0.3, 0.4) is 0 Å². The fourth-order valence-electron chi connectivity index (χ4n) is 2.45. The van der Waals surface area contributed by atoms with Crippen molar-refractivity contribution < 1.29 is 9.53 Å². The molecule has 1 aliphatic rings. The molecule has 1 aliphatic heterocycles. The minimum atomic E-state index is -0.609. The van der Waals surface area contributed by atoms with Gasteiger partial charge in [0.25, 0.3) is 5.91 Å². The number of thioether (sulfide) groups is 1. The molecule has 0 bridgehead atoms. The normalized spacial score (nSPS) is 14.5. The number of nitrogens with two attached hydrogens (primary N) is 1. The van der Waals surface area contributed by atoms with Crippen molar-refractivity contribution in [1.29, 1.82) is 0 Å². The summed E-state index contributed by atoms with van der Waals surface area (Å²) in [7, 11) is 0. The van der Waals surface area contributed by atoms with E-state index in [1.165, 1.54) is 18.0 Å². The van der Waals surface area contributed by atoms with Gasteiger partial charge in [0.1, 0.15) is 5.03 Å². The second-order valence-corrected chi connectivity index (χ2v) is 6.07. The van der Waals surface area contributed by atoms with Gasteiger partial charge in [0.15, 0.2) is 11.5 Å². The van der Waals surface area contributed by atoms with E-state index in [1.54, 1.807) is 0 Å². The van der Waals surface area contributed by atoms with Gasteiger partial charge in [-0.15, -0.1) is 11.8 Å². The monoisotopic (exact) mass is 345 g/mol. The van der Waals surface area contributed by atoms with Gasteiger partial charge in [-0.3, -0.25) is 4.79 Å². The molecule has 0 unspecified atom stereocenters. The molecule has 7 nitrogen and oxygen atoms in total. The topological polar surface area (TPSA) is 93.4 Å². The lowest BCUT2D eigenvalue weighted by Gasteiger charge is -2.28. The standard InChI is InChI=1S/C16H19N5O2S/c1-24-13-10-18-14(15(17)22)16(20-13)19-11-2-4-12(5-3-11)21-6-8-23-9-7-21/h2-5,10H,6-9H2,1H3,(H2,17,22)(H,19,20). The van der Waals surface area contributed by atoms with Crippen LogP contribution in [0.15, 0.2) is 35.5 Å². The number of rotatable bonds is 5. The highest BCUT2D eigenvalue weighted by Gasteiger charge is 2.14. The van der Waals surface area contributed by atoms with E-state index in [2.05, 4.69) is 20.2 Å². The number of ether oxygens (including phenoxy) is 1. The molecule has 2 aromatic rings. The summed E-state index contributed by atoms with van der Waals surface area (Å²) < 4.78 is 5.37. The highest BCUT2D eigenvalue weighted by Crippen LogP contribution is 2.23. The van der Waals surface area contributed by atoms with E-state index in [9.17, 15) is 4.79 Å². The highest BCUT2D eigenvalue weighted by molar-refractivity contribution is 7.98. The van der Waals surface area contributed by atoms with Crippen molar-refractivity contribution in [2.24, 2.45) is 5.73 Å². The number of carbonyl (C=O) groups excluding carboxylic acids is 1. The Morgan fingerprint density at radius 3 is 2.62 bits per heavy atom. The van der Waals surface area contributed by atoms with Crippen LogP contribution < -0.4 is 16.0 Å². The lowest BCUT2D eigenvalue weighted by Crippen LogP contribution is -2.36. The van der Waals surface area contributed by atoms with E-state index in [1.807, 2.05) is 30.5 Å². The first-order chi connectivity index (χ1) is 11.7. The van der Waals surface area contributed by atoms with Gasteiger partial charge in [0, 0.05) is 24.5 Å². The van der Waals surface area contributed by atoms with Crippen LogP contribution in [0.4, 0.5) is 17.2 Å². The maximum Gasteiger partial charge on any atom is 0.271 e. The molecule has 8 heteroatoms. The van der Waals surface area contributed by atoms with E-state index < -0.39 is 5.91 Å². The predicted octanol–water partition coefficient (Wildman–Crippen LogP) is 1.88. The number of nitrogens with zero attached hydrogens (tertiary/aromatic N) is 3. The number of carbonyl (C=O) groups is 1. The van der Waals surface area contributed by atoms with Crippen LogP contribution in [0, 0.1) is 0 Å². The lowest BCUT2D eigenvalue weighted by molar-refractivity contribution is 0.0996. The molecule has 3 N–H and O–H groups in total. The Bertz CT molecular complexity index is 717. The van der Waals surface area contributed by atoms with Gasteiger partial charge < -0.3 is 20.7 Å². The van der Waals surface area contributed by atoms with Crippen LogP contribution in [0.1, 0.15) is 10.5 Å². The number of morpholine rings is 1. The molecule has 0 atom stereocenters. The Labute approximate surface area is 144 Å². The van der Waals surface area contributed by atoms with Gasteiger partial charge in [-0.1, -0.05) is 0 Å². The molecule has 1 saturated heterocycles. The van der Waals surface area contributed by atoms with Crippen molar-refractivity contribution in [3.8, 4) is 0 Å². The van der Waals surface area contributed by atoms with Crippen molar-refractivity contribution in [3.63, 3.8) is 0 Å². The minimum absolute atomic E-state index is 0.130. The van der Waals surface area contributed by atoms with E-state index in [-0.39, 0.29) is 5.69 Å². The Balaban J connectivity index is 1.79. The number of anilines is 3. The molecule has 0 radical (unpaired) electrons. The summed E-state index contributed by atoms with van der Waals surface area (Å²) in [5.41, 5.74) is 7.47. The van der Waals surface area contributed by atoms with E-state index in [0.717, 1.165) is 37.7 Å². The molecule has 1 fully saturated rings. The SMILES string of the molecule is CSc1cnc(C(N)=O)c(Nc2ccc(N3CCOCC3)cc2)n1. The first-order valence-electron chi connectivity index (χ1n) is 7.58. The molecule has 24 heavy (non-hydrogen) atoms. The molecule has 0 spiro atoms. The first kappa shape index (κ1) is 16.5. The molecular weight excluding hydrogens is 326 g/mol. The largest absolute Gasteiger partial charge is 0.378 e. The highest BCUT2D eigenvalue weighted by atomic mass is 32.2. The zero-order valence-corrected chi connectivity index (χ0v) is 14.2. The van der Waals surface area contributed by atoms with Crippen molar-refractivity contribution in [2.45, 2.75) is 5.03 Å². The van der Waals surface area contributed by atoms with Crippen molar-refractivity contribution >= 4 is 34.9 Å². The van der Waals surface area contributed by atoms with Gasteiger partial charge in [0.2, 0.25) is 0 Å². The Morgan fingerprint density at radius 2 is 2.00 bits per heavy atom. The van der Waals surface area contributed by atoms with Crippen LogP contribution in [0.25, 0.3) is 0 Å². The van der Waals surface area contributed by atoms with Crippen LogP contribution in [0.2, 0.25) is 0 Å². The van der Waals surface area contributed by atoms with Gasteiger partial charge in [-0.25, -0.2) is 9.97 Å². The van der Waals surface area contributed by atoms with Crippen LogP contribution in [-0.4, -0.2) is 48.4 Å². The quantitative estimate of drug-likeness (QED) is 0.799. The van der Waals surface area contributed by atoms with Crippen molar-refractivity contribution in [2.75, 3.05) is 42.8 Å². The van der Waals surface area contributed by atoms with Gasteiger partial charge in [-0.2, -0.15) is 0 Å². The third-order valence-corrected chi connectivity index (χ3v) is 4.31. The van der Waals surface area contributed by atoms with Crippen LogP contribution >= 0.6 is 11.8 Å². The molecule has 1 aromatic carbocycles. The molecular formula is C16H19N5O2S. The maximum atomic E-state index is 11.5. The molecule has 1 aromatic heterocycles. The summed E-state index contributed by atoms with van der Waals surface area (Å²) in [5.74, 6) is -0.240. The number of hydrogen-bond donors (Lipinski definition) is 2. The van der Waals surface area contributed by atoms with Crippen LogP contribution in [-0.2, 0) is 4.74 Å².